The largest absolute Gasteiger partial charge is 0.352 e. The first kappa shape index (κ1) is 15.3. The number of aryl methyl sites for hydroxylation is 2. The van der Waals surface area contributed by atoms with Crippen molar-refractivity contribution in [1.82, 2.24) is 15.2 Å². The summed E-state index contributed by atoms with van der Waals surface area (Å²) in [6.45, 7) is 5.46. The first-order valence-electron chi connectivity index (χ1n) is 7.21. The van der Waals surface area contributed by atoms with E-state index in [0.717, 1.165) is 29.7 Å². The number of pyridine rings is 1. The molecule has 2 heterocycles. The quantitative estimate of drug-likeness (QED) is 0.874. The van der Waals surface area contributed by atoms with Gasteiger partial charge in [-0.3, -0.25) is 9.78 Å². The molecule has 0 saturated carbocycles. The number of primary amides is 1. The average Bonchev–Trinajstić information content (AvgIpc) is 2.46. The van der Waals surface area contributed by atoms with E-state index in [4.69, 9.17) is 5.73 Å². The SMILES string of the molecule is Cc1cc(C)c(CNC(=O)C2CCCN(C(N)=O)C2)cn1. The molecule has 1 aromatic rings. The first-order valence-corrected chi connectivity index (χ1v) is 7.21. The van der Waals surface area contributed by atoms with Gasteiger partial charge in [0, 0.05) is 31.5 Å². The van der Waals surface area contributed by atoms with Gasteiger partial charge in [0.1, 0.15) is 0 Å². The summed E-state index contributed by atoms with van der Waals surface area (Å²) in [5, 5.41) is 2.93. The minimum atomic E-state index is -0.453. The fourth-order valence-corrected chi connectivity index (χ4v) is 2.63. The van der Waals surface area contributed by atoms with Gasteiger partial charge in [-0.1, -0.05) is 0 Å². The van der Waals surface area contributed by atoms with Crippen molar-refractivity contribution < 1.29 is 9.59 Å². The molecule has 1 saturated heterocycles. The highest BCUT2D eigenvalue weighted by atomic mass is 16.2. The van der Waals surface area contributed by atoms with Crippen molar-refractivity contribution in [2.45, 2.75) is 33.2 Å². The fraction of sp³-hybridized carbons (Fsp3) is 0.533. The molecular weight excluding hydrogens is 268 g/mol. The highest BCUT2D eigenvalue weighted by Gasteiger charge is 2.27. The van der Waals surface area contributed by atoms with Crippen LogP contribution in [0, 0.1) is 19.8 Å². The average molecular weight is 290 g/mol. The molecule has 1 aliphatic rings. The molecule has 0 aromatic carbocycles. The molecule has 21 heavy (non-hydrogen) atoms. The number of carbonyl (C=O) groups excluding carboxylic acids is 2. The number of rotatable bonds is 3. The molecular formula is C15H22N4O2. The standard InChI is InChI=1S/C15H22N4O2/c1-10-6-11(2)17-7-13(10)8-18-14(20)12-4-3-5-19(9-12)15(16)21/h6-7,12H,3-5,8-9H2,1-2H3,(H2,16,21)(H,18,20). The van der Waals surface area contributed by atoms with E-state index >= 15 is 0 Å². The van der Waals surface area contributed by atoms with E-state index in [1.165, 1.54) is 4.90 Å². The minimum absolute atomic E-state index is 0.0269. The molecule has 1 aromatic heterocycles. The van der Waals surface area contributed by atoms with Gasteiger partial charge in [-0.25, -0.2) is 4.79 Å². The second kappa shape index (κ2) is 6.56. The maximum Gasteiger partial charge on any atom is 0.314 e. The Hall–Kier alpha value is -2.11. The maximum atomic E-state index is 12.2. The van der Waals surface area contributed by atoms with E-state index < -0.39 is 6.03 Å². The molecule has 0 bridgehead atoms. The zero-order valence-corrected chi connectivity index (χ0v) is 12.6. The van der Waals surface area contributed by atoms with E-state index in [-0.39, 0.29) is 11.8 Å². The number of nitrogens with zero attached hydrogens (tertiary/aromatic N) is 2. The summed E-state index contributed by atoms with van der Waals surface area (Å²) in [5.74, 6) is -0.203. The van der Waals surface area contributed by atoms with Gasteiger partial charge in [-0.2, -0.15) is 0 Å². The summed E-state index contributed by atoms with van der Waals surface area (Å²) in [4.78, 5) is 29.2. The Labute approximate surface area is 124 Å². The van der Waals surface area contributed by atoms with E-state index in [2.05, 4.69) is 10.3 Å². The Balaban J connectivity index is 1.90. The second-order valence-electron chi connectivity index (χ2n) is 5.59. The Morgan fingerprint density at radius 3 is 2.90 bits per heavy atom. The third-order valence-electron chi connectivity index (χ3n) is 3.91. The Morgan fingerprint density at radius 1 is 1.48 bits per heavy atom. The van der Waals surface area contributed by atoms with Crippen LogP contribution in [0.3, 0.4) is 0 Å². The van der Waals surface area contributed by atoms with Gasteiger partial charge in [0.2, 0.25) is 5.91 Å². The number of hydrogen-bond acceptors (Lipinski definition) is 3. The van der Waals surface area contributed by atoms with Gasteiger partial charge >= 0.3 is 6.03 Å². The van der Waals surface area contributed by atoms with Crippen LogP contribution in [0.4, 0.5) is 4.79 Å². The number of amides is 3. The predicted octanol–water partition coefficient (Wildman–Crippen LogP) is 1.11. The lowest BCUT2D eigenvalue weighted by molar-refractivity contribution is -0.126. The molecule has 6 heteroatoms. The number of carbonyl (C=O) groups is 2. The van der Waals surface area contributed by atoms with Crippen LogP contribution in [0.2, 0.25) is 0 Å². The number of likely N-dealkylation sites (tertiary alicyclic amines) is 1. The van der Waals surface area contributed by atoms with Crippen molar-refractivity contribution in [3.63, 3.8) is 0 Å². The number of piperidine rings is 1. The van der Waals surface area contributed by atoms with E-state index in [1.54, 1.807) is 6.20 Å². The summed E-state index contributed by atoms with van der Waals surface area (Å²) in [6, 6.07) is 1.54. The van der Waals surface area contributed by atoms with Crippen molar-refractivity contribution in [2.75, 3.05) is 13.1 Å². The lowest BCUT2D eigenvalue weighted by Gasteiger charge is -2.30. The highest BCUT2D eigenvalue weighted by molar-refractivity contribution is 5.80. The normalized spacial score (nSPS) is 18.4. The Kier molecular flexibility index (Phi) is 4.77. The lowest BCUT2D eigenvalue weighted by atomic mass is 9.97. The molecule has 0 aliphatic carbocycles. The zero-order chi connectivity index (χ0) is 15.4. The summed E-state index contributed by atoms with van der Waals surface area (Å²) in [6.07, 6.45) is 3.40. The molecule has 3 N–H and O–H groups in total. The number of urea groups is 1. The Morgan fingerprint density at radius 2 is 2.24 bits per heavy atom. The summed E-state index contributed by atoms with van der Waals surface area (Å²) in [7, 11) is 0. The van der Waals surface area contributed by atoms with Gasteiger partial charge in [0.05, 0.1) is 5.92 Å². The highest BCUT2D eigenvalue weighted by Crippen LogP contribution is 2.16. The topological polar surface area (TPSA) is 88.3 Å². The minimum Gasteiger partial charge on any atom is -0.352 e. The van der Waals surface area contributed by atoms with Crippen LogP contribution in [0.5, 0.6) is 0 Å². The van der Waals surface area contributed by atoms with Crippen molar-refractivity contribution >= 4 is 11.9 Å². The van der Waals surface area contributed by atoms with Crippen LogP contribution in [-0.4, -0.2) is 34.9 Å². The van der Waals surface area contributed by atoms with Crippen molar-refractivity contribution in [1.29, 1.82) is 0 Å². The van der Waals surface area contributed by atoms with Gasteiger partial charge in [-0.15, -0.1) is 0 Å². The first-order chi connectivity index (χ1) is 9.97. The summed E-state index contributed by atoms with van der Waals surface area (Å²) < 4.78 is 0. The van der Waals surface area contributed by atoms with E-state index in [9.17, 15) is 9.59 Å². The van der Waals surface area contributed by atoms with E-state index in [0.29, 0.717) is 19.6 Å². The smallest absolute Gasteiger partial charge is 0.314 e. The molecule has 0 radical (unpaired) electrons. The molecule has 1 aliphatic heterocycles. The molecule has 6 nitrogen and oxygen atoms in total. The molecule has 1 fully saturated rings. The lowest BCUT2D eigenvalue weighted by Crippen LogP contribution is -2.47. The van der Waals surface area contributed by atoms with E-state index in [1.807, 2.05) is 19.9 Å². The molecule has 2 rings (SSSR count). The maximum absolute atomic E-state index is 12.2. The van der Waals surface area contributed by atoms with Crippen LogP contribution in [0.25, 0.3) is 0 Å². The third-order valence-corrected chi connectivity index (χ3v) is 3.91. The number of hydrogen-bond donors (Lipinski definition) is 2. The van der Waals surface area contributed by atoms with Gasteiger partial charge in [-0.05, 0) is 43.9 Å². The number of nitrogens with one attached hydrogen (secondary N) is 1. The van der Waals surface area contributed by atoms with Gasteiger partial charge in [0.15, 0.2) is 0 Å². The Bertz CT molecular complexity index is 544. The van der Waals surface area contributed by atoms with Crippen LogP contribution < -0.4 is 11.1 Å². The molecule has 3 amide bonds. The predicted molar refractivity (Wildman–Crippen MR) is 79.4 cm³/mol. The summed E-state index contributed by atoms with van der Waals surface area (Å²) in [5.41, 5.74) is 8.37. The fourth-order valence-electron chi connectivity index (χ4n) is 2.63. The second-order valence-corrected chi connectivity index (χ2v) is 5.59. The number of nitrogens with two attached hydrogens (primary N) is 1. The van der Waals surface area contributed by atoms with Crippen molar-refractivity contribution in [3.05, 3.63) is 29.1 Å². The third kappa shape index (κ3) is 3.93. The number of aromatic nitrogens is 1. The molecule has 114 valence electrons. The van der Waals surface area contributed by atoms with Crippen LogP contribution in [0.15, 0.2) is 12.3 Å². The van der Waals surface area contributed by atoms with Crippen molar-refractivity contribution in [2.24, 2.45) is 11.7 Å². The van der Waals surface area contributed by atoms with Gasteiger partial charge < -0.3 is 16.0 Å². The van der Waals surface area contributed by atoms with Crippen molar-refractivity contribution in [3.8, 4) is 0 Å². The molecule has 1 unspecified atom stereocenters. The van der Waals surface area contributed by atoms with Crippen LogP contribution in [0.1, 0.15) is 29.7 Å². The van der Waals surface area contributed by atoms with Crippen LogP contribution >= 0.6 is 0 Å². The molecule has 0 spiro atoms. The molecule has 1 atom stereocenters. The summed E-state index contributed by atoms with van der Waals surface area (Å²) >= 11 is 0. The monoisotopic (exact) mass is 290 g/mol. The van der Waals surface area contributed by atoms with Gasteiger partial charge in [0.25, 0.3) is 0 Å². The zero-order valence-electron chi connectivity index (χ0n) is 12.6. The van der Waals surface area contributed by atoms with Crippen LogP contribution in [-0.2, 0) is 11.3 Å².